The Kier molecular flexibility index (Phi) is 4.61. The Hall–Kier alpha value is -2.15. The molecule has 0 saturated heterocycles. The molecule has 0 bridgehead atoms. The molecule has 18 heavy (non-hydrogen) atoms. The summed E-state index contributed by atoms with van der Waals surface area (Å²) in [5.74, 6) is -0.429. The van der Waals surface area contributed by atoms with Gasteiger partial charge in [-0.1, -0.05) is 13.8 Å². The number of aromatic nitrogens is 2. The highest BCUT2D eigenvalue weighted by Crippen LogP contribution is 2.16. The zero-order chi connectivity index (χ0) is 13.7. The fourth-order valence-corrected chi connectivity index (χ4v) is 1.51. The van der Waals surface area contributed by atoms with Crippen molar-refractivity contribution in [2.45, 2.75) is 27.7 Å². The molecule has 0 spiro atoms. The largest absolute Gasteiger partial charge is 0.238 e. The first kappa shape index (κ1) is 13.9. The highest BCUT2D eigenvalue weighted by molar-refractivity contribution is 5.42. The van der Waals surface area contributed by atoms with Crippen LogP contribution in [0.2, 0.25) is 0 Å². The zero-order valence-corrected chi connectivity index (χ0v) is 11.0. The SMILES string of the molecule is CC.Cc1cnn(-c2cc(F)cc(C#N)c2)c1C. The van der Waals surface area contributed by atoms with E-state index in [1.807, 2.05) is 33.8 Å². The Balaban J connectivity index is 0.000000771. The third-order valence-corrected chi connectivity index (χ3v) is 2.51. The van der Waals surface area contributed by atoms with Crippen LogP contribution in [0.3, 0.4) is 0 Å². The number of nitriles is 1. The molecule has 3 nitrogen and oxygen atoms in total. The highest BCUT2D eigenvalue weighted by Gasteiger charge is 2.07. The Morgan fingerprint density at radius 1 is 1.22 bits per heavy atom. The normalized spacial score (nSPS) is 9.33. The molecule has 2 aromatic rings. The van der Waals surface area contributed by atoms with Gasteiger partial charge in [-0.3, -0.25) is 0 Å². The molecular weight excluding hydrogens is 229 g/mol. The number of aryl methyl sites for hydroxylation is 1. The maximum atomic E-state index is 13.2. The van der Waals surface area contributed by atoms with Crippen molar-refractivity contribution in [1.82, 2.24) is 9.78 Å². The summed E-state index contributed by atoms with van der Waals surface area (Å²) in [5.41, 5.74) is 2.84. The fourth-order valence-electron chi connectivity index (χ4n) is 1.51. The minimum Gasteiger partial charge on any atom is -0.238 e. The summed E-state index contributed by atoms with van der Waals surface area (Å²) >= 11 is 0. The third kappa shape index (κ3) is 2.75. The summed E-state index contributed by atoms with van der Waals surface area (Å²) in [6, 6.07) is 6.10. The number of halogens is 1. The van der Waals surface area contributed by atoms with E-state index in [0.29, 0.717) is 11.3 Å². The molecule has 1 aromatic heterocycles. The number of benzene rings is 1. The molecule has 0 aliphatic rings. The van der Waals surface area contributed by atoms with Crippen molar-refractivity contribution in [3.63, 3.8) is 0 Å². The minimum absolute atomic E-state index is 0.294. The van der Waals surface area contributed by atoms with Crippen LogP contribution in [0.15, 0.2) is 24.4 Å². The van der Waals surface area contributed by atoms with E-state index in [0.717, 1.165) is 11.3 Å². The van der Waals surface area contributed by atoms with Crippen molar-refractivity contribution in [2.75, 3.05) is 0 Å². The molecule has 94 valence electrons. The topological polar surface area (TPSA) is 41.6 Å². The molecule has 0 fully saturated rings. The molecule has 0 unspecified atom stereocenters. The lowest BCUT2D eigenvalue weighted by molar-refractivity contribution is 0.624. The molecule has 0 atom stereocenters. The van der Waals surface area contributed by atoms with E-state index in [4.69, 9.17) is 5.26 Å². The molecule has 0 saturated carbocycles. The van der Waals surface area contributed by atoms with E-state index >= 15 is 0 Å². The minimum atomic E-state index is -0.429. The van der Waals surface area contributed by atoms with Gasteiger partial charge in [0.2, 0.25) is 0 Å². The van der Waals surface area contributed by atoms with Gasteiger partial charge in [0.05, 0.1) is 23.5 Å². The Labute approximate surface area is 106 Å². The predicted molar refractivity (Wildman–Crippen MR) is 69.1 cm³/mol. The van der Waals surface area contributed by atoms with Gasteiger partial charge < -0.3 is 0 Å². The maximum absolute atomic E-state index is 13.2. The van der Waals surface area contributed by atoms with Gasteiger partial charge in [-0.25, -0.2) is 9.07 Å². The van der Waals surface area contributed by atoms with Gasteiger partial charge in [-0.05, 0) is 37.6 Å². The number of rotatable bonds is 1. The first-order valence-electron chi connectivity index (χ1n) is 5.84. The van der Waals surface area contributed by atoms with Crippen LogP contribution < -0.4 is 0 Å². The van der Waals surface area contributed by atoms with Crippen LogP contribution >= 0.6 is 0 Å². The van der Waals surface area contributed by atoms with E-state index in [2.05, 4.69) is 5.10 Å². The van der Waals surface area contributed by atoms with Gasteiger partial charge in [0, 0.05) is 5.69 Å². The monoisotopic (exact) mass is 245 g/mol. The van der Waals surface area contributed by atoms with E-state index in [-0.39, 0.29) is 0 Å². The molecule has 1 heterocycles. The lowest BCUT2D eigenvalue weighted by atomic mass is 10.2. The standard InChI is InChI=1S/C12H10FN3.C2H6/c1-8-7-15-16(9(8)2)12-4-10(6-14)3-11(13)5-12;1-2/h3-5,7H,1-2H3;1-2H3. The molecule has 0 aliphatic heterocycles. The van der Waals surface area contributed by atoms with Crippen molar-refractivity contribution >= 4 is 0 Å². The Bertz CT molecular complexity index is 579. The van der Waals surface area contributed by atoms with Crippen LogP contribution in [-0.2, 0) is 0 Å². The van der Waals surface area contributed by atoms with Crippen LogP contribution in [0.5, 0.6) is 0 Å². The van der Waals surface area contributed by atoms with Gasteiger partial charge >= 0.3 is 0 Å². The summed E-state index contributed by atoms with van der Waals surface area (Å²) in [4.78, 5) is 0. The average Bonchev–Trinajstić information content (AvgIpc) is 2.72. The first-order valence-corrected chi connectivity index (χ1v) is 5.84. The van der Waals surface area contributed by atoms with Crippen molar-refractivity contribution < 1.29 is 4.39 Å². The van der Waals surface area contributed by atoms with E-state index in [9.17, 15) is 4.39 Å². The van der Waals surface area contributed by atoms with E-state index < -0.39 is 5.82 Å². The second-order valence-electron chi connectivity index (χ2n) is 3.63. The van der Waals surface area contributed by atoms with E-state index in [1.54, 1.807) is 16.9 Å². The molecule has 1 aromatic carbocycles. The fraction of sp³-hybridized carbons (Fsp3) is 0.286. The zero-order valence-electron chi connectivity index (χ0n) is 11.0. The van der Waals surface area contributed by atoms with Crippen LogP contribution in [-0.4, -0.2) is 9.78 Å². The van der Waals surface area contributed by atoms with Gasteiger partial charge in [0.15, 0.2) is 0 Å². The lowest BCUT2D eigenvalue weighted by Crippen LogP contribution is -2.00. The quantitative estimate of drug-likeness (QED) is 0.771. The summed E-state index contributed by atoms with van der Waals surface area (Å²) in [5, 5.41) is 12.9. The first-order chi connectivity index (χ1) is 8.61. The van der Waals surface area contributed by atoms with Crippen LogP contribution in [0.1, 0.15) is 30.7 Å². The Morgan fingerprint density at radius 3 is 2.39 bits per heavy atom. The second-order valence-corrected chi connectivity index (χ2v) is 3.63. The van der Waals surface area contributed by atoms with Crippen molar-refractivity contribution in [3.8, 4) is 11.8 Å². The van der Waals surface area contributed by atoms with Crippen molar-refractivity contribution in [2.24, 2.45) is 0 Å². The summed E-state index contributed by atoms with van der Waals surface area (Å²) in [6.45, 7) is 7.84. The van der Waals surface area contributed by atoms with Crippen LogP contribution in [0.25, 0.3) is 5.69 Å². The van der Waals surface area contributed by atoms with Crippen molar-refractivity contribution in [1.29, 1.82) is 5.26 Å². The second kappa shape index (κ2) is 5.97. The molecule has 2 rings (SSSR count). The van der Waals surface area contributed by atoms with Gasteiger partial charge in [-0.2, -0.15) is 10.4 Å². The molecule has 0 N–H and O–H groups in total. The molecule has 0 amide bonds. The number of nitrogens with zero attached hydrogens (tertiary/aromatic N) is 3. The highest BCUT2D eigenvalue weighted by atomic mass is 19.1. The average molecular weight is 245 g/mol. The van der Waals surface area contributed by atoms with Gasteiger partial charge in [-0.15, -0.1) is 0 Å². The molecule has 4 heteroatoms. The van der Waals surface area contributed by atoms with Crippen LogP contribution in [0, 0.1) is 31.0 Å². The Morgan fingerprint density at radius 2 is 1.89 bits per heavy atom. The molecular formula is C14H16FN3. The lowest BCUT2D eigenvalue weighted by Gasteiger charge is -2.05. The summed E-state index contributed by atoms with van der Waals surface area (Å²) in [7, 11) is 0. The van der Waals surface area contributed by atoms with Gasteiger partial charge in [0.1, 0.15) is 5.82 Å². The summed E-state index contributed by atoms with van der Waals surface area (Å²) in [6.07, 6.45) is 1.71. The molecule has 0 radical (unpaired) electrons. The third-order valence-electron chi connectivity index (χ3n) is 2.51. The van der Waals surface area contributed by atoms with E-state index in [1.165, 1.54) is 12.1 Å². The van der Waals surface area contributed by atoms with Gasteiger partial charge in [0.25, 0.3) is 0 Å². The smallest absolute Gasteiger partial charge is 0.126 e. The number of hydrogen-bond acceptors (Lipinski definition) is 2. The predicted octanol–water partition coefficient (Wildman–Crippen LogP) is 3.53. The van der Waals surface area contributed by atoms with Crippen molar-refractivity contribution in [3.05, 3.63) is 47.0 Å². The number of hydrogen-bond donors (Lipinski definition) is 0. The summed E-state index contributed by atoms with van der Waals surface area (Å²) < 4.78 is 14.9. The molecule has 0 aliphatic carbocycles. The maximum Gasteiger partial charge on any atom is 0.126 e. The van der Waals surface area contributed by atoms with Crippen LogP contribution in [0.4, 0.5) is 4.39 Å².